The molecule has 0 heterocycles. The monoisotopic (exact) mass is 282 g/mol. The third-order valence-corrected chi connectivity index (χ3v) is 3.31. The summed E-state index contributed by atoms with van der Waals surface area (Å²) in [5.74, 6) is -0.182. The van der Waals surface area contributed by atoms with Gasteiger partial charge in [-0.05, 0) is 50.6 Å². The van der Waals surface area contributed by atoms with Crippen LogP contribution in [0, 0.1) is 5.82 Å². The highest BCUT2D eigenvalue weighted by Crippen LogP contribution is 2.21. The van der Waals surface area contributed by atoms with E-state index in [1.807, 2.05) is 0 Å². The molecule has 114 valence electrons. The van der Waals surface area contributed by atoms with E-state index in [0.29, 0.717) is 13.2 Å². The minimum atomic E-state index is -0.182. The molecule has 0 radical (unpaired) electrons. The molecular formula is C16H27FN2O. The maximum Gasteiger partial charge on any atom is 0.125 e. The molecule has 0 amide bonds. The molecule has 1 aromatic rings. The first-order chi connectivity index (χ1) is 9.62. The van der Waals surface area contributed by atoms with Crippen molar-refractivity contribution in [2.24, 2.45) is 0 Å². The van der Waals surface area contributed by atoms with E-state index in [-0.39, 0.29) is 11.9 Å². The second kappa shape index (κ2) is 8.93. The van der Waals surface area contributed by atoms with Crippen molar-refractivity contribution in [2.75, 3.05) is 31.7 Å². The zero-order valence-corrected chi connectivity index (χ0v) is 13.1. The predicted molar refractivity (Wildman–Crippen MR) is 82.8 cm³/mol. The minimum Gasteiger partial charge on any atom is -0.383 e. The number of nitrogens with zero attached hydrogens (tertiary/aromatic N) is 1. The van der Waals surface area contributed by atoms with E-state index in [4.69, 9.17) is 4.74 Å². The predicted octanol–water partition coefficient (Wildman–Crippen LogP) is 3.19. The Bertz CT molecular complexity index is 398. The second-order valence-corrected chi connectivity index (χ2v) is 5.08. The summed E-state index contributed by atoms with van der Waals surface area (Å²) in [6.45, 7) is 9.40. The molecule has 1 unspecified atom stereocenters. The summed E-state index contributed by atoms with van der Waals surface area (Å²) in [6.07, 6.45) is 1.08. The fraction of sp³-hybridized carbons (Fsp3) is 0.625. The molecular weight excluding hydrogens is 255 g/mol. The van der Waals surface area contributed by atoms with Gasteiger partial charge in [-0.2, -0.15) is 0 Å². The van der Waals surface area contributed by atoms with E-state index < -0.39 is 0 Å². The molecule has 20 heavy (non-hydrogen) atoms. The second-order valence-electron chi connectivity index (χ2n) is 5.08. The van der Waals surface area contributed by atoms with Gasteiger partial charge < -0.3 is 15.0 Å². The smallest absolute Gasteiger partial charge is 0.125 e. The third kappa shape index (κ3) is 5.10. The fourth-order valence-corrected chi connectivity index (χ4v) is 2.39. The van der Waals surface area contributed by atoms with Crippen molar-refractivity contribution in [3.8, 4) is 0 Å². The summed E-state index contributed by atoms with van der Waals surface area (Å²) >= 11 is 0. The summed E-state index contributed by atoms with van der Waals surface area (Å²) < 4.78 is 19.0. The summed E-state index contributed by atoms with van der Waals surface area (Å²) in [4.78, 5) is 2.16. The first-order valence-corrected chi connectivity index (χ1v) is 7.38. The highest BCUT2D eigenvalue weighted by molar-refractivity contribution is 5.50. The van der Waals surface area contributed by atoms with Crippen LogP contribution in [0.4, 0.5) is 10.1 Å². The SMILES string of the molecule is CCCNCc1cc(F)cc(N(CC)C(C)COC)c1. The van der Waals surface area contributed by atoms with Gasteiger partial charge in [0.2, 0.25) is 0 Å². The van der Waals surface area contributed by atoms with E-state index in [0.717, 1.165) is 30.8 Å². The fourth-order valence-electron chi connectivity index (χ4n) is 2.39. The highest BCUT2D eigenvalue weighted by atomic mass is 19.1. The van der Waals surface area contributed by atoms with Crippen LogP contribution in [0.3, 0.4) is 0 Å². The zero-order chi connectivity index (χ0) is 15.0. The van der Waals surface area contributed by atoms with E-state index >= 15 is 0 Å². The number of rotatable bonds is 9. The van der Waals surface area contributed by atoms with Crippen molar-refractivity contribution >= 4 is 5.69 Å². The largest absolute Gasteiger partial charge is 0.383 e. The van der Waals surface area contributed by atoms with Gasteiger partial charge in [-0.25, -0.2) is 4.39 Å². The van der Waals surface area contributed by atoms with Gasteiger partial charge in [-0.1, -0.05) is 6.92 Å². The lowest BCUT2D eigenvalue weighted by molar-refractivity contribution is 0.182. The maximum absolute atomic E-state index is 13.8. The average molecular weight is 282 g/mol. The molecule has 3 nitrogen and oxygen atoms in total. The molecule has 0 saturated heterocycles. The van der Waals surface area contributed by atoms with Crippen molar-refractivity contribution < 1.29 is 9.13 Å². The molecule has 0 saturated carbocycles. The van der Waals surface area contributed by atoms with Crippen LogP contribution in [0.1, 0.15) is 32.8 Å². The first kappa shape index (κ1) is 16.9. The normalized spacial score (nSPS) is 12.4. The lowest BCUT2D eigenvalue weighted by Crippen LogP contribution is -2.36. The average Bonchev–Trinajstić information content (AvgIpc) is 2.39. The zero-order valence-electron chi connectivity index (χ0n) is 13.1. The molecule has 1 aromatic carbocycles. The van der Waals surface area contributed by atoms with Gasteiger partial charge >= 0.3 is 0 Å². The van der Waals surface area contributed by atoms with E-state index in [1.165, 1.54) is 0 Å². The molecule has 1 rings (SSSR count). The lowest BCUT2D eigenvalue weighted by atomic mass is 10.1. The van der Waals surface area contributed by atoms with Gasteiger partial charge in [0.25, 0.3) is 0 Å². The maximum atomic E-state index is 13.8. The minimum absolute atomic E-state index is 0.182. The number of nitrogens with one attached hydrogen (secondary N) is 1. The molecule has 0 fully saturated rings. The van der Waals surface area contributed by atoms with Crippen LogP contribution in [-0.4, -0.2) is 32.8 Å². The standard InChI is InChI=1S/C16H27FN2O/c1-5-7-18-11-14-8-15(17)10-16(9-14)19(6-2)13(3)12-20-4/h8-10,13,18H,5-7,11-12H2,1-4H3. The van der Waals surface area contributed by atoms with Gasteiger partial charge in [0.1, 0.15) is 5.82 Å². The van der Waals surface area contributed by atoms with Crippen LogP contribution in [0.15, 0.2) is 18.2 Å². The summed E-state index contributed by atoms with van der Waals surface area (Å²) in [5.41, 5.74) is 1.90. The number of ether oxygens (including phenoxy) is 1. The van der Waals surface area contributed by atoms with Gasteiger partial charge in [0.15, 0.2) is 0 Å². The molecule has 0 aromatic heterocycles. The van der Waals surface area contributed by atoms with Crippen molar-refractivity contribution in [1.82, 2.24) is 5.32 Å². The van der Waals surface area contributed by atoms with Crippen molar-refractivity contribution in [3.05, 3.63) is 29.6 Å². The first-order valence-electron chi connectivity index (χ1n) is 7.38. The molecule has 0 aliphatic rings. The molecule has 4 heteroatoms. The van der Waals surface area contributed by atoms with Crippen molar-refractivity contribution in [2.45, 2.75) is 39.8 Å². The number of methoxy groups -OCH3 is 1. The Morgan fingerprint density at radius 2 is 2.05 bits per heavy atom. The Balaban J connectivity index is 2.86. The number of halogens is 1. The molecule has 0 aliphatic heterocycles. The van der Waals surface area contributed by atoms with Gasteiger partial charge in [0, 0.05) is 31.9 Å². The van der Waals surface area contributed by atoms with Gasteiger partial charge in [-0.3, -0.25) is 0 Å². The number of likely N-dealkylation sites (N-methyl/N-ethyl adjacent to an activating group) is 1. The Hall–Kier alpha value is -1.13. The lowest BCUT2D eigenvalue weighted by Gasteiger charge is -2.30. The van der Waals surface area contributed by atoms with Crippen LogP contribution >= 0.6 is 0 Å². The van der Waals surface area contributed by atoms with Crippen LogP contribution in [-0.2, 0) is 11.3 Å². The molecule has 0 aliphatic carbocycles. The molecule has 0 spiro atoms. The van der Waals surface area contributed by atoms with Crippen molar-refractivity contribution in [3.63, 3.8) is 0 Å². The van der Waals surface area contributed by atoms with Crippen LogP contribution in [0.2, 0.25) is 0 Å². The number of hydrogen-bond acceptors (Lipinski definition) is 3. The third-order valence-electron chi connectivity index (χ3n) is 3.31. The van der Waals surface area contributed by atoms with E-state index in [9.17, 15) is 4.39 Å². The van der Waals surface area contributed by atoms with Crippen LogP contribution < -0.4 is 10.2 Å². The summed E-state index contributed by atoms with van der Waals surface area (Å²) in [7, 11) is 1.69. The number of benzene rings is 1. The van der Waals surface area contributed by atoms with Crippen molar-refractivity contribution in [1.29, 1.82) is 0 Å². The summed E-state index contributed by atoms with van der Waals surface area (Å²) in [6, 6.07) is 5.48. The van der Waals surface area contributed by atoms with E-state index in [1.54, 1.807) is 19.2 Å². The summed E-state index contributed by atoms with van der Waals surface area (Å²) in [5, 5.41) is 3.31. The quantitative estimate of drug-likeness (QED) is 0.704. The van der Waals surface area contributed by atoms with Gasteiger partial charge in [0.05, 0.1) is 6.61 Å². The number of anilines is 1. The topological polar surface area (TPSA) is 24.5 Å². The number of hydrogen-bond donors (Lipinski definition) is 1. The highest BCUT2D eigenvalue weighted by Gasteiger charge is 2.14. The van der Waals surface area contributed by atoms with Crippen LogP contribution in [0.25, 0.3) is 0 Å². The van der Waals surface area contributed by atoms with E-state index in [2.05, 4.69) is 37.1 Å². The molecule has 1 atom stereocenters. The Labute approximate surface area is 122 Å². The molecule has 1 N–H and O–H groups in total. The Kier molecular flexibility index (Phi) is 7.55. The Morgan fingerprint density at radius 1 is 1.30 bits per heavy atom. The Morgan fingerprint density at radius 3 is 2.65 bits per heavy atom. The van der Waals surface area contributed by atoms with Crippen LogP contribution in [0.5, 0.6) is 0 Å². The molecule has 0 bridgehead atoms. The van der Waals surface area contributed by atoms with Gasteiger partial charge in [-0.15, -0.1) is 0 Å².